The Morgan fingerprint density at radius 3 is 2.32 bits per heavy atom. The number of nitrogens with one attached hydrogen (secondary N) is 1. The summed E-state index contributed by atoms with van der Waals surface area (Å²) in [5, 5.41) is 12.1. The molecule has 2 rings (SSSR count). The Bertz CT molecular complexity index is 818. The van der Waals surface area contributed by atoms with Crippen molar-refractivity contribution in [1.29, 1.82) is 5.26 Å². The van der Waals surface area contributed by atoms with Gasteiger partial charge in [0.25, 0.3) is 5.91 Å². The lowest BCUT2D eigenvalue weighted by Crippen LogP contribution is -2.27. The van der Waals surface area contributed by atoms with Crippen LogP contribution in [-0.2, 0) is 9.53 Å². The third kappa shape index (κ3) is 4.79. The van der Waals surface area contributed by atoms with Crippen LogP contribution in [-0.4, -0.2) is 19.0 Å². The summed E-state index contributed by atoms with van der Waals surface area (Å²) in [4.78, 5) is 23.7. The molecule has 0 aromatic heterocycles. The van der Waals surface area contributed by atoms with Crippen molar-refractivity contribution in [1.82, 2.24) is 5.32 Å². The summed E-state index contributed by atoms with van der Waals surface area (Å²) in [6.07, 6.45) is 1.48. The van der Waals surface area contributed by atoms with Crippen LogP contribution >= 0.6 is 0 Å². The van der Waals surface area contributed by atoms with Gasteiger partial charge in [-0.1, -0.05) is 42.5 Å². The summed E-state index contributed by atoms with van der Waals surface area (Å²) in [6, 6.07) is 17.7. The number of carbonyl (C=O) groups excluding carboxylic acids is 2. The predicted octanol–water partition coefficient (Wildman–Crippen LogP) is 3.26. The van der Waals surface area contributed by atoms with Gasteiger partial charge in [0.2, 0.25) is 0 Å². The van der Waals surface area contributed by atoms with Crippen LogP contribution in [0.15, 0.2) is 60.2 Å². The molecular weight excluding hydrogens is 316 g/mol. The monoisotopic (exact) mass is 334 g/mol. The molecule has 0 aliphatic rings. The molecule has 25 heavy (non-hydrogen) atoms. The second kappa shape index (κ2) is 8.46. The third-order valence-corrected chi connectivity index (χ3v) is 3.66. The topological polar surface area (TPSA) is 79.2 Å². The van der Waals surface area contributed by atoms with E-state index in [0.717, 1.165) is 5.56 Å². The van der Waals surface area contributed by atoms with E-state index < -0.39 is 11.9 Å². The van der Waals surface area contributed by atoms with E-state index in [4.69, 9.17) is 0 Å². The minimum absolute atomic E-state index is 0.00593. The standard InChI is InChI=1S/C20H18N2O3/c1-14(16-6-4-3-5-7-16)22-19(23)18(13-21)12-15-8-10-17(11-9-15)20(24)25-2/h3-12,14H,1-2H3,(H,22,23)/b18-12+. The zero-order chi connectivity index (χ0) is 18.2. The Balaban J connectivity index is 2.12. The zero-order valence-electron chi connectivity index (χ0n) is 14.0. The molecule has 0 fully saturated rings. The average Bonchev–Trinajstić information content (AvgIpc) is 2.66. The SMILES string of the molecule is COC(=O)c1ccc(/C=C(\C#N)C(=O)NC(C)c2ccccc2)cc1. The fraction of sp³-hybridized carbons (Fsp3) is 0.150. The molecular formula is C20H18N2O3. The van der Waals surface area contributed by atoms with Crippen molar-refractivity contribution in [3.8, 4) is 6.07 Å². The highest BCUT2D eigenvalue weighted by Gasteiger charge is 2.13. The first kappa shape index (κ1) is 18.0. The molecule has 1 unspecified atom stereocenters. The third-order valence-electron chi connectivity index (χ3n) is 3.66. The Labute approximate surface area is 146 Å². The molecule has 0 aliphatic heterocycles. The molecule has 0 saturated carbocycles. The maximum Gasteiger partial charge on any atom is 0.337 e. The van der Waals surface area contributed by atoms with Gasteiger partial charge in [-0.3, -0.25) is 4.79 Å². The van der Waals surface area contributed by atoms with Crippen molar-refractivity contribution < 1.29 is 14.3 Å². The molecule has 0 heterocycles. The highest BCUT2D eigenvalue weighted by atomic mass is 16.5. The molecule has 1 N–H and O–H groups in total. The summed E-state index contributed by atoms with van der Waals surface area (Å²) >= 11 is 0. The average molecular weight is 334 g/mol. The first-order chi connectivity index (χ1) is 12.0. The van der Waals surface area contributed by atoms with Crippen LogP contribution in [0.3, 0.4) is 0 Å². The van der Waals surface area contributed by atoms with Gasteiger partial charge in [0.15, 0.2) is 0 Å². The molecule has 0 spiro atoms. The summed E-state index contributed by atoms with van der Waals surface area (Å²) < 4.78 is 4.63. The quantitative estimate of drug-likeness (QED) is 0.517. The van der Waals surface area contributed by atoms with Gasteiger partial charge in [0.05, 0.1) is 18.7 Å². The van der Waals surface area contributed by atoms with E-state index in [1.54, 1.807) is 24.3 Å². The lowest BCUT2D eigenvalue weighted by atomic mass is 10.1. The van der Waals surface area contributed by atoms with Gasteiger partial charge in [-0.25, -0.2) is 4.79 Å². The number of esters is 1. The molecule has 0 saturated heterocycles. The van der Waals surface area contributed by atoms with Crippen LogP contribution in [0.1, 0.15) is 34.5 Å². The molecule has 5 nitrogen and oxygen atoms in total. The minimum Gasteiger partial charge on any atom is -0.465 e. The zero-order valence-corrected chi connectivity index (χ0v) is 14.0. The van der Waals surface area contributed by atoms with Crippen molar-refractivity contribution in [2.24, 2.45) is 0 Å². The van der Waals surface area contributed by atoms with Crippen molar-refractivity contribution in [3.05, 3.63) is 76.9 Å². The largest absolute Gasteiger partial charge is 0.465 e. The number of benzene rings is 2. The van der Waals surface area contributed by atoms with Crippen LogP contribution in [0.25, 0.3) is 6.08 Å². The minimum atomic E-state index is -0.448. The molecule has 2 aromatic carbocycles. The van der Waals surface area contributed by atoms with Gasteiger partial charge >= 0.3 is 5.97 Å². The number of hydrogen-bond acceptors (Lipinski definition) is 4. The summed E-state index contributed by atoms with van der Waals surface area (Å²) in [5.41, 5.74) is 2.00. The van der Waals surface area contributed by atoms with Crippen molar-refractivity contribution in [3.63, 3.8) is 0 Å². The summed E-state index contributed by atoms with van der Waals surface area (Å²) in [6.45, 7) is 1.85. The lowest BCUT2D eigenvalue weighted by Gasteiger charge is -2.13. The number of hydrogen-bond donors (Lipinski definition) is 1. The van der Waals surface area contributed by atoms with Crippen LogP contribution in [0.5, 0.6) is 0 Å². The molecule has 0 bridgehead atoms. The van der Waals surface area contributed by atoms with Gasteiger partial charge in [-0.15, -0.1) is 0 Å². The van der Waals surface area contributed by atoms with E-state index in [1.165, 1.54) is 13.2 Å². The van der Waals surface area contributed by atoms with Gasteiger partial charge in [-0.2, -0.15) is 5.26 Å². The van der Waals surface area contributed by atoms with E-state index in [9.17, 15) is 14.9 Å². The normalized spacial score (nSPS) is 12.0. The number of methoxy groups -OCH3 is 1. The fourth-order valence-electron chi connectivity index (χ4n) is 2.25. The molecule has 5 heteroatoms. The second-order valence-corrected chi connectivity index (χ2v) is 5.39. The first-order valence-corrected chi connectivity index (χ1v) is 7.71. The number of rotatable bonds is 5. The van der Waals surface area contributed by atoms with Crippen molar-refractivity contribution in [2.75, 3.05) is 7.11 Å². The fourth-order valence-corrected chi connectivity index (χ4v) is 2.25. The van der Waals surface area contributed by atoms with Gasteiger partial charge < -0.3 is 10.1 Å². The Morgan fingerprint density at radius 1 is 1.12 bits per heavy atom. The number of amides is 1. The molecule has 2 aromatic rings. The molecule has 1 amide bonds. The molecule has 0 aliphatic carbocycles. The molecule has 1 atom stereocenters. The number of ether oxygens (including phenoxy) is 1. The first-order valence-electron chi connectivity index (χ1n) is 7.71. The highest BCUT2D eigenvalue weighted by Crippen LogP contribution is 2.14. The predicted molar refractivity (Wildman–Crippen MR) is 94.4 cm³/mol. The summed E-state index contributed by atoms with van der Waals surface area (Å²) in [7, 11) is 1.31. The molecule has 126 valence electrons. The highest BCUT2D eigenvalue weighted by molar-refractivity contribution is 6.02. The number of carbonyl (C=O) groups is 2. The summed E-state index contributed by atoms with van der Waals surface area (Å²) in [5.74, 6) is -0.888. The number of nitrogens with zero attached hydrogens (tertiary/aromatic N) is 1. The van der Waals surface area contributed by atoms with Crippen molar-refractivity contribution in [2.45, 2.75) is 13.0 Å². The van der Waals surface area contributed by atoms with E-state index in [1.807, 2.05) is 43.3 Å². The van der Waals surface area contributed by atoms with Crippen LogP contribution < -0.4 is 5.32 Å². The van der Waals surface area contributed by atoms with Crippen LogP contribution in [0.2, 0.25) is 0 Å². The molecule has 0 radical (unpaired) electrons. The van der Waals surface area contributed by atoms with Crippen LogP contribution in [0.4, 0.5) is 0 Å². The smallest absolute Gasteiger partial charge is 0.337 e. The van der Waals surface area contributed by atoms with E-state index in [-0.39, 0.29) is 11.6 Å². The van der Waals surface area contributed by atoms with Crippen molar-refractivity contribution >= 4 is 18.0 Å². The van der Waals surface area contributed by atoms with Gasteiger partial charge in [0, 0.05) is 0 Å². The maximum absolute atomic E-state index is 12.3. The maximum atomic E-state index is 12.3. The number of nitriles is 1. The Kier molecular flexibility index (Phi) is 6.08. The Morgan fingerprint density at radius 2 is 1.76 bits per heavy atom. The lowest BCUT2D eigenvalue weighted by molar-refractivity contribution is -0.117. The van der Waals surface area contributed by atoms with E-state index >= 15 is 0 Å². The Hall–Kier alpha value is -3.39. The van der Waals surface area contributed by atoms with Crippen LogP contribution in [0, 0.1) is 11.3 Å². The van der Waals surface area contributed by atoms with E-state index in [2.05, 4.69) is 10.1 Å². The second-order valence-electron chi connectivity index (χ2n) is 5.39. The van der Waals surface area contributed by atoms with Gasteiger partial charge in [0.1, 0.15) is 11.6 Å². The van der Waals surface area contributed by atoms with Gasteiger partial charge in [-0.05, 0) is 36.3 Å². The van der Waals surface area contributed by atoms with E-state index in [0.29, 0.717) is 11.1 Å².